The van der Waals surface area contributed by atoms with Gasteiger partial charge in [0.25, 0.3) is 0 Å². The minimum absolute atomic E-state index is 0.559. The standard InChI is InChI=1S/C13H25N5/c1-10-12(7-14)13(18(4)15-10)17(3)9-11-5-6-16(2)8-11/h11H,5-9,14H2,1-4H3. The average Bonchev–Trinajstić information content (AvgIpc) is 2.82. The third kappa shape index (κ3) is 2.52. The van der Waals surface area contributed by atoms with Crippen LogP contribution >= 0.6 is 0 Å². The van der Waals surface area contributed by atoms with Crippen molar-refractivity contribution in [3.8, 4) is 0 Å². The van der Waals surface area contributed by atoms with Crippen LogP contribution in [0.5, 0.6) is 0 Å². The molecule has 1 aromatic heterocycles. The maximum Gasteiger partial charge on any atom is 0.131 e. The molecule has 1 aromatic rings. The lowest BCUT2D eigenvalue weighted by molar-refractivity contribution is 0.395. The Balaban J connectivity index is 2.11. The monoisotopic (exact) mass is 251 g/mol. The van der Waals surface area contributed by atoms with E-state index in [1.54, 1.807) is 0 Å². The average molecular weight is 251 g/mol. The van der Waals surface area contributed by atoms with Crippen LogP contribution in [0.4, 0.5) is 5.82 Å². The molecule has 2 N–H and O–H groups in total. The molecule has 2 heterocycles. The predicted molar refractivity (Wildman–Crippen MR) is 74.7 cm³/mol. The molecule has 1 aliphatic rings. The number of likely N-dealkylation sites (tertiary alicyclic amines) is 1. The smallest absolute Gasteiger partial charge is 0.131 e. The quantitative estimate of drug-likeness (QED) is 0.850. The van der Waals surface area contributed by atoms with Crippen molar-refractivity contribution in [3.05, 3.63) is 11.3 Å². The summed E-state index contributed by atoms with van der Waals surface area (Å²) < 4.78 is 1.95. The van der Waals surface area contributed by atoms with Crippen LogP contribution in [0.15, 0.2) is 0 Å². The summed E-state index contributed by atoms with van der Waals surface area (Å²) in [6.07, 6.45) is 1.29. The lowest BCUT2D eigenvalue weighted by atomic mass is 10.1. The largest absolute Gasteiger partial charge is 0.359 e. The molecule has 5 heteroatoms. The summed E-state index contributed by atoms with van der Waals surface area (Å²) in [5.41, 5.74) is 8.06. The number of nitrogens with two attached hydrogens (primary N) is 1. The Bertz CT molecular complexity index is 412. The highest BCUT2D eigenvalue weighted by Crippen LogP contribution is 2.24. The highest BCUT2D eigenvalue weighted by atomic mass is 15.4. The molecular formula is C13H25N5. The van der Waals surface area contributed by atoms with Crippen LogP contribution in [0.2, 0.25) is 0 Å². The van der Waals surface area contributed by atoms with Gasteiger partial charge in [0, 0.05) is 39.3 Å². The molecule has 0 radical (unpaired) electrons. The Morgan fingerprint density at radius 1 is 1.44 bits per heavy atom. The van der Waals surface area contributed by atoms with Gasteiger partial charge in [-0.2, -0.15) is 5.10 Å². The van der Waals surface area contributed by atoms with E-state index >= 15 is 0 Å². The number of aromatic nitrogens is 2. The molecular weight excluding hydrogens is 226 g/mol. The van der Waals surface area contributed by atoms with Crippen molar-refractivity contribution in [1.82, 2.24) is 14.7 Å². The third-order valence-electron chi connectivity index (χ3n) is 3.90. The SMILES string of the molecule is Cc1nn(C)c(N(C)CC2CCN(C)C2)c1CN. The second-order valence-electron chi connectivity index (χ2n) is 5.51. The maximum atomic E-state index is 5.84. The molecule has 5 nitrogen and oxygen atoms in total. The van der Waals surface area contributed by atoms with Gasteiger partial charge in [-0.3, -0.25) is 4.68 Å². The maximum absolute atomic E-state index is 5.84. The molecule has 1 atom stereocenters. The van der Waals surface area contributed by atoms with E-state index in [1.165, 1.54) is 30.9 Å². The van der Waals surface area contributed by atoms with Crippen LogP contribution in [0, 0.1) is 12.8 Å². The first-order valence-electron chi connectivity index (χ1n) is 6.65. The van der Waals surface area contributed by atoms with E-state index in [-0.39, 0.29) is 0 Å². The van der Waals surface area contributed by atoms with Crippen LogP contribution in [-0.2, 0) is 13.6 Å². The van der Waals surface area contributed by atoms with E-state index in [0.29, 0.717) is 6.54 Å². The number of hydrogen-bond acceptors (Lipinski definition) is 4. The van der Waals surface area contributed by atoms with Gasteiger partial charge in [-0.1, -0.05) is 0 Å². The van der Waals surface area contributed by atoms with Crippen molar-refractivity contribution < 1.29 is 0 Å². The molecule has 0 aliphatic carbocycles. The molecule has 1 saturated heterocycles. The Morgan fingerprint density at radius 2 is 2.17 bits per heavy atom. The van der Waals surface area contributed by atoms with Crippen LogP contribution < -0.4 is 10.6 Å². The first-order chi connectivity index (χ1) is 8.52. The van der Waals surface area contributed by atoms with Gasteiger partial charge >= 0.3 is 0 Å². The van der Waals surface area contributed by atoms with Gasteiger partial charge in [0.2, 0.25) is 0 Å². The zero-order valence-electron chi connectivity index (χ0n) is 12.0. The minimum atomic E-state index is 0.559. The minimum Gasteiger partial charge on any atom is -0.359 e. The molecule has 18 heavy (non-hydrogen) atoms. The lowest BCUT2D eigenvalue weighted by Crippen LogP contribution is -2.29. The zero-order valence-corrected chi connectivity index (χ0v) is 12.0. The molecule has 0 spiro atoms. The Labute approximate surface area is 110 Å². The number of hydrogen-bond donors (Lipinski definition) is 1. The number of aryl methyl sites for hydroxylation is 2. The van der Waals surface area contributed by atoms with Crippen LogP contribution in [0.1, 0.15) is 17.7 Å². The van der Waals surface area contributed by atoms with E-state index < -0.39 is 0 Å². The van der Waals surface area contributed by atoms with Crippen LogP contribution in [0.25, 0.3) is 0 Å². The fraction of sp³-hybridized carbons (Fsp3) is 0.769. The summed E-state index contributed by atoms with van der Waals surface area (Å²) in [6.45, 7) is 6.08. The van der Waals surface area contributed by atoms with Gasteiger partial charge in [-0.05, 0) is 32.9 Å². The van der Waals surface area contributed by atoms with E-state index in [2.05, 4.69) is 29.0 Å². The Morgan fingerprint density at radius 3 is 2.72 bits per heavy atom. The van der Waals surface area contributed by atoms with E-state index in [4.69, 9.17) is 5.73 Å². The summed E-state index contributed by atoms with van der Waals surface area (Å²) in [6, 6.07) is 0. The highest BCUT2D eigenvalue weighted by molar-refractivity contribution is 5.49. The van der Waals surface area contributed by atoms with Crippen molar-refractivity contribution in [3.63, 3.8) is 0 Å². The molecule has 2 rings (SSSR count). The summed E-state index contributed by atoms with van der Waals surface area (Å²) in [4.78, 5) is 4.71. The first kappa shape index (κ1) is 13.4. The van der Waals surface area contributed by atoms with Gasteiger partial charge in [-0.15, -0.1) is 0 Å². The van der Waals surface area contributed by atoms with Gasteiger partial charge in [0.05, 0.1) is 5.69 Å². The normalized spacial score (nSPS) is 20.6. The molecule has 1 fully saturated rings. The van der Waals surface area contributed by atoms with Crippen molar-refractivity contribution >= 4 is 5.82 Å². The fourth-order valence-corrected chi connectivity index (χ4v) is 3.06. The highest BCUT2D eigenvalue weighted by Gasteiger charge is 2.23. The molecule has 0 bridgehead atoms. The van der Waals surface area contributed by atoms with Crippen LogP contribution in [0.3, 0.4) is 0 Å². The summed E-state index contributed by atoms with van der Waals surface area (Å²) >= 11 is 0. The molecule has 1 unspecified atom stereocenters. The van der Waals surface area contributed by atoms with Crippen molar-refractivity contribution in [2.24, 2.45) is 18.7 Å². The molecule has 0 saturated carbocycles. The third-order valence-corrected chi connectivity index (χ3v) is 3.90. The zero-order chi connectivity index (χ0) is 13.3. The van der Waals surface area contributed by atoms with Gasteiger partial charge in [0.1, 0.15) is 5.82 Å². The molecule has 1 aliphatic heterocycles. The number of anilines is 1. The summed E-state index contributed by atoms with van der Waals surface area (Å²) in [5, 5.41) is 4.48. The van der Waals surface area contributed by atoms with Crippen molar-refractivity contribution in [2.75, 3.05) is 38.6 Å². The lowest BCUT2D eigenvalue weighted by Gasteiger charge is -2.24. The summed E-state index contributed by atoms with van der Waals surface area (Å²) in [7, 11) is 6.34. The number of nitrogens with zero attached hydrogens (tertiary/aromatic N) is 4. The van der Waals surface area contributed by atoms with Gasteiger partial charge < -0.3 is 15.5 Å². The molecule has 0 aromatic carbocycles. The molecule has 0 amide bonds. The Kier molecular flexibility index (Phi) is 3.92. The summed E-state index contributed by atoms with van der Waals surface area (Å²) in [5.74, 6) is 1.92. The van der Waals surface area contributed by atoms with Gasteiger partial charge in [0.15, 0.2) is 0 Å². The van der Waals surface area contributed by atoms with Crippen molar-refractivity contribution in [1.29, 1.82) is 0 Å². The first-order valence-corrected chi connectivity index (χ1v) is 6.65. The van der Waals surface area contributed by atoms with E-state index in [9.17, 15) is 0 Å². The van der Waals surface area contributed by atoms with E-state index in [1.807, 2.05) is 18.7 Å². The predicted octanol–water partition coefficient (Wildman–Crippen LogP) is 0.575. The Hall–Kier alpha value is -1.07. The van der Waals surface area contributed by atoms with Crippen LogP contribution in [-0.4, -0.2) is 48.4 Å². The second kappa shape index (κ2) is 5.28. The fourth-order valence-electron chi connectivity index (χ4n) is 3.06. The molecule has 102 valence electrons. The van der Waals surface area contributed by atoms with Gasteiger partial charge in [-0.25, -0.2) is 0 Å². The van der Waals surface area contributed by atoms with E-state index in [0.717, 1.165) is 18.2 Å². The van der Waals surface area contributed by atoms with Crippen molar-refractivity contribution in [2.45, 2.75) is 19.9 Å². The topological polar surface area (TPSA) is 50.3 Å². The number of rotatable bonds is 4. The second-order valence-corrected chi connectivity index (χ2v) is 5.51.